The maximum Gasteiger partial charge on any atom is 0.245 e. The van der Waals surface area contributed by atoms with Gasteiger partial charge in [-0.1, -0.05) is 35.9 Å². The van der Waals surface area contributed by atoms with E-state index in [0.717, 1.165) is 5.56 Å². The number of hydrogen-bond donors (Lipinski definition) is 2. The van der Waals surface area contributed by atoms with E-state index in [4.69, 9.17) is 11.6 Å². The number of nitriles is 1. The van der Waals surface area contributed by atoms with Gasteiger partial charge >= 0.3 is 0 Å². The van der Waals surface area contributed by atoms with Crippen molar-refractivity contribution in [2.24, 2.45) is 0 Å². The zero-order valence-corrected chi connectivity index (χ0v) is 13.0. The number of carbonyl (C=O) groups excluding carboxylic acids is 1. The Morgan fingerprint density at radius 3 is 2.43 bits per heavy atom. The molecule has 0 fully saturated rings. The summed E-state index contributed by atoms with van der Waals surface area (Å²) >= 11 is 5.80. The summed E-state index contributed by atoms with van der Waals surface area (Å²) in [6, 6.07) is 15.5. The first kappa shape index (κ1) is 16.6. The summed E-state index contributed by atoms with van der Waals surface area (Å²) in [7, 11) is 0. The van der Waals surface area contributed by atoms with E-state index in [0.29, 0.717) is 23.6 Å². The summed E-state index contributed by atoms with van der Waals surface area (Å²) < 4.78 is 0. The van der Waals surface area contributed by atoms with Gasteiger partial charge in [0, 0.05) is 17.6 Å². The standard InChI is InChI=1S/C18H15ClN2O2/c19-16-5-3-14(4-6-16)15(12-20)11-18(23)21-10-9-13-1-7-17(22)8-2-13/h1-8,11,22H,9-10H2,(H,21,23)/b15-11+. The maximum atomic E-state index is 11.9. The van der Waals surface area contributed by atoms with Crippen molar-refractivity contribution in [3.8, 4) is 11.8 Å². The third-order valence-electron chi connectivity index (χ3n) is 3.20. The van der Waals surface area contributed by atoms with Crippen LogP contribution in [0.25, 0.3) is 5.57 Å². The van der Waals surface area contributed by atoms with Crippen LogP contribution in [0.4, 0.5) is 0 Å². The van der Waals surface area contributed by atoms with Crippen LogP contribution in [0.3, 0.4) is 0 Å². The Balaban J connectivity index is 1.92. The van der Waals surface area contributed by atoms with Gasteiger partial charge in [-0.3, -0.25) is 4.79 Å². The molecular weight excluding hydrogens is 312 g/mol. The lowest BCUT2D eigenvalue weighted by Crippen LogP contribution is -2.23. The van der Waals surface area contributed by atoms with Crippen LogP contribution >= 0.6 is 11.6 Å². The second-order valence-corrected chi connectivity index (χ2v) is 5.32. The lowest BCUT2D eigenvalue weighted by atomic mass is 10.1. The van der Waals surface area contributed by atoms with Crippen LogP contribution in [-0.4, -0.2) is 17.6 Å². The van der Waals surface area contributed by atoms with Gasteiger partial charge in [0.2, 0.25) is 5.91 Å². The second-order valence-electron chi connectivity index (χ2n) is 4.88. The highest BCUT2D eigenvalue weighted by atomic mass is 35.5. The van der Waals surface area contributed by atoms with Crippen molar-refractivity contribution in [3.05, 3.63) is 70.8 Å². The summed E-state index contributed by atoms with van der Waals surface area (Å²) in [6.45, 7) is 0.444. The van der Waals surface area contributed by atoms with Gasteiger partial charge in [-0.05, 0) is 41.8 Å². The Labute approximate surface area is 139 Å². The predicted octanol–water partition coefficient (Wildman–Crippen LogP) is 3.31. The minimum atomic E-state index is -0.324. The van der Waals surface area contributed by atoms with Crippen molar-refractivity contribution in [2.45, 2.75) is 6.42 Å². The largest absolute Gasteiger partial charge is 0.508 e. The molecule has 1 amide bonds. The Bertz CT molecular complexity index is 744. The fourth-order valence-corrected chi connectivity index (χ4v) is 2.11. The molecular formula is C18H15ClN2O2. The van der Waals surface area contributed by atoms with Crippen molar-refractivity contribution in [1.29, 1.82) is 5.26 Å². The van der Waals surface area contributed by atoms with Crippen LogP contribution < -0.4 is 5.32 Å². The first-order chi connectivity index (χ1) is 11.1. The molecule has 0 radical (unpaired) electrons. The highest BCUT2D eigenvalue weighted by molar-refractivity contribution is 6.30. The average Bonchev–Trinajstić information content (AvgIpc) is 2.55. The van der Waals surface area contributed by atoms with E-state index in [-0.39, 0.29) is 17.2 Å². The monoisotopic (exact) mass is 326 g/mol. The number of phenolic OH excluding ortho intramolecular Hbond substituents is 1. The maximum absolute atomic E-state index is 11.9. The molecule has 0 saturated heterocycles. The first-order valence-electron chi connectivity index (χ1n) is 7.02. The van der Waals surface area contributed by atoms with Crippen molar-refractivity contribution >= 4 is 23.1 Å². The molecule has 2 aromatic rings. The molecule has 0 heterocycles. The molecule has 0 aromatic heterocycles. The minimum absolute atomic E-state index is 0.211. The van der Waals surface area contributed by atoms with Crippen molar-refractivity contribution in [1.82, 2.24) is 5.32 Å². The van der Waals surface area contributed by atoms with Crippen LogP contribution in [-0.2, 0) is 11.2 Å². The fraction of sp³-hybridized carbons (Fsp3) is 0.111. The summed E-state index contributed by atoms with van der Waals surface area (Å²) in [6.07, 6.45) is 1.92. The predicted molar refractivity (Wildman–Crippen MR) is 89.9 cm³/mol. The highest BCUT2D eigenvalue weighted by Gasteiger charge is 2.04. The molecule has 0 bridgehead atoms. The van der Waals surface area contributed by atoms with Gasteiger partial charge < -0.3 is 10.4 Å². The number of carbonyl (C=O) groups is 1. The quantitative estimate of drug-likeness (QED) is 0.654. The van der Waals surface area contributed by atoms with Gasteiger partial charge in [-0.15, -0.1) is 0 Å². The third-order valence-corrected chi connectivity index (χ3v) is 3.45. The van der Waals surface area contributed by atoms with E-state index in [1.54, 1.807) is 48.5 Å². The highest BCUT2D eigenvalue weighted by Crippen LogP contribution is 2.16. The molecule has 2 aromatic carbocycles. The molecule has 0 atom stereocenters. The van der Waals surface area contributed by atoms with Crippen LogP contribution in [0.1, 0.15) is 11.1 Å². The summed E-state index contributed by atoms with van der Waals surface area (Å²) in [5, 5.41) is 21.7. The number of rotatable bonds is 5. The number of amides is 1. The number of phenols is 1. The van der Waals surface area contributed by atoms with E-state index in [1.807, 2.05) is 6.07 Å². The zero-order chi connectivity index (χ0) is 16.7. The van der Waals surface area contributed by atoms with Crippen LogP contribution in [0, 0.1) is 11.3 Å². The molecule has 2 rings (SSSR count). The fourth-order valence-electron chi connectivity index (χ4n) is 1.98. The Morgan fingerprint density at radius 2 is 1.83 bits per heavy atom. The normalized spacial score (nSPS) is 10.9. The number of aromatic hydroxyl groups is 1. The number of nitrogens with zero attached hydrogens (tertiary/aromatic N) is 1. The molecule has 0 aliphatic rings. The summed E-state index contributed by atoms with van der Waals surface area (Å²) in [5.41, 5.74) is 1.93. The molecule has 5 heteroatoms. The van der Waals surface area contributed by atoms with Gasteiger partial charge in [0.05, 0.1) is 11.6 Å². The zero-order valence-electron chi connectivity index (χ0n) is 12.3. The van der Waals surface area contributed by atoms with Crippen LogP contribution in [0.2, 0.25) is 5.02 Å². The van der Waals surface area contributed by atoms with Crippen molar-refractivity contribution in [3.63, 3.8) is 0 Å². The molecule has 0 saturated carbocycles. The van der Waals surface area contributed by atoms with Crippen LogP contribution in [0.15, 0.2) is 54.6 Å². The Hall–Kier alpha value is -2.77. The van der Waals surface area contributed by atoms with Crippen LogP contribution in [0.5, 0.6) is 5.75 Å². The van der Waals surface area contributed by atoms with Gasteiger partial charge in [0.1, 0.15) is 5.75 Å². The lowest BCUT2D eigenvalue weighted by molar-refractivity contribution is -0.116. The summed E-state index contributed by atoms with van der Waals surface area (Å²) in [4.78, 5) is 11.9. The van der Waals surface area contributed by atoms with E-state index < -0.39 is 0 Å². The molecule has 116 valence electrons. The number of allylic oxidation sites excluding steroid dienone is 1. The number of halogens is 1. The molecule has 0 unspecified atom stereocenters. The molecule has 2 N–H and O–H groups in total. The smallest absolute Gasteiger partial charge is 0.245 e. The molecule has 4 nitrogen and oxygen atoms in total. The lowest BCUT2D eigenvalue weighted by Gasteiger charge is -2.04. The van der Waals surface area contributed by atoms with Gasteiger partial charge in [0.25, 0.3) is 0 Å². The third kappa shape index (κ3) is 5.17. The van der Waals surface area contributed by atoms with E-state index in [9.17, 15) is 15.2 Å². The second kappa shape index (κ2) is 8.02. The average molecular weight is 327 g/mol. The molecule has 0 aliphatic carbocycles. The topological polar surface area (TPSA) is 73.1 Å². The van der Waals surface area contributed by atoms with E-state index in [1.165, 1.54) is 6.08 Å². The van der Waals surface area contributed by atoms with Crippen molar-refractivity contribution in [2.75, 3.05) is 6.54 Å². The molecule has 0 aliphatic heterocycles. The van der Waals surface area contributed by atoms with Gasteiger partial charge in [-0.2, -0.15) is 5.26 Å². The first-order valence-corrected chi connectivity index (χ1v) is 7.40. The Morgan fingerprint density at radius 1 is 1.17 bits per heavy atom. The van der Waals surface area contributed by atoms with Gasteiger partial charge in [0.15, 0.2) is 0 Å². The summed E-state index contributed by atoms with van der Waals surface area (Å²) in [5.74, 6) is -0.113. The minimum Gasteiger partial charge on any atom is -0.508 e. The number of hydrogen-bond acceptors (Lipinski definition) is 3. The van der Waals surface area contributed by atoms with E-state index in [2.05, 4.69) is 5.32 Å². The van der Waals surface area contributed by atoms with E-state index >= 15 is 0 Å². The van der Waals surface area contributed by atoms with Gasteiger partial charge in [-0.25, -0.2) is 0 Å². The number of nitrogens with one attached hydrogen (secondary N) is 1. The number of benzene rings is 2. The van der Waals surface area contributed by atoms with Crippen molar-refractivity contribution < 1.29 is 9.90 Å². The Kier molecular flexibility index (Phi) is 5.79. The molecule has 23 heavy (non-hydrogen) atoms. The SMILES string of the molecule is N#C/C(=C\C(=O)NCCc1ccc(O)cc1)c1ccc(Cl)cc1. The molecule has 0 spiro atoms.